The lowest BCUT2D eigenvalue weighted by Crippen LogP contribution is -2.45. The molecular formula is C11H20N4O. The summed E-state index contributed by atoms with van der Waals surface area (Å²) >= 11 is 0. The summed E-state index contributed by atoms with van der Waals surface area (Å²) in [5.74, 6) is 1.17. The molecule has 0 spiro atoms. The third-order valence-electron chi connectivity index (χ3n) is 3.46. The average Bonchev–Trinajstić information content (AvgIpc) is 2.64. The van der Waals surface area contributed by atoms with Gasteiger partial charge in [0.2, 0.25) is 0 Å². The molecular weight excluding hydrogens is 204 g/mol. The zero-order valence-corrected chi connectivity index (χ0v) is 9.66. The first kappa shape index (κ1) is 11.3. The van der Waals surface area contributed by atoms with Crippen molar-refractivity contribution in [3.05, 3.63) is 6.20 Å². The number of hydrogen-bond acceptors (Lipinski definition) is 4. The number of nitrogen functional groups attached to an aromatic ring is 1. The fourth-order valence-electron chi connectivity index (χ4n) is 2.64. The fraction of sp³-hybridized carbons (Fsp3) is 0.727. The summed E-state index contributed by atoms with van der Waals surface area (Å²) in [7, 11) is 0. The van der Waals surface area contributed by atoms with Crippen LogP contribution in [0.5, 0.6) is 0 Å². The average molecular weight is 224 g/mol. The number of rotatable bonds is 3. The van der Waals surface area contributed by atoms with Crippen molar-refractivity contribution in [1.29, 1.82) is 0 Å². The summed E-state index contributed by atoms with van der Waals surface area (Å²) in [6.07, 6.45) is 6.02. The van der Waals surface area contributed by atoms with Crippen LogP contribution >= 0.6 is 0 Å². The van der Waals surface area contributed by atoms with E-state index in [2.05, 4.69) is 22.4 Å². The molecule has 0 saturated heterocycles. The molecule has 5 heteroatoms. The Bertz CT molecular complexity index is 352. The van der Waals surface area contributed by atoms with Crippen LogP contribution in [0.15, 0.2) is 6.20 Å². The smallest absolute Gasteiger partial charge is 0.142 e. The van der Waals surface area contributed by atoms with Crippen molar-refractivity contribution >= 4 is 11.5 Å². The summed E-state index contributed by atoms with van der Waals surface area (Å²) in [6.45, 7) is 2.37. The number of nitrogens with zero attached hydrogens (tertiary/aromatic N) is 1. The van der Waals surface area contributed by atoms with Crippen molar-refractivity contribution < 1.29 is 5.11 Å². The summed E-state index contributed by atoms with van der Waals surface area (Å²) in [5, 5.41) is 19.5. The van der Waals surface area contributed by atoms with E-state index in [0.717, 1.165) is 24.9 Å². The molecule has 1 aliphatic carbocycles. The number of H-pyrrole nitrogens is 1. The Hall–Kier alpha value is -1.23. The van der Waals surface area contributed by atoms with Gasteiger partial charge in [-0.3, -0.25) is 5.10 Å². The first-order valence-corrected chi connectivity index (χ1v) is 5.83. The highest BCUT2D eigenvalue weighted by Crippen LogP contribution is 2.35. The van der Waals surface area contributed by atoms with E-state index in [9.17, 15) is 5.11 Å². The van der Waals surface area contributed by atoms with Crippen LogP contribution in [0.25, 0.3) is 0 Å². The SMILES string of the molecule is CC1CCCC(CO)(Nc2cn[nH]c2N)C1. The standard InChI is InChI=1S/C11H20N4O/c1-8-3-2-4-11(5-8,7-16)14-9-6-13-15-10(9)12/h6,8,14,16H,2-5,7H2,1H3,(H3,12,13,15). The Morgan fingerprint density at radius 2 is 2.56 bits per heavy atom. The van der Waals surface area contributed by atoms with Crippen molar-refractivity contribution in [3.63, 3.8) is 0 Å². The predicted octanol–water partition coefficient (Wildman–Crippen LogP) is 1.34. The second kappa shape index (κ2) is 4.33. The maximum Gasteiger partial charge on any atom is 0.142 e. The van der Waals surface area contributed by atoms with Crippen LogP contribution in [0.3, 0.4) is 0 Å². The molecule has 0 aliphatic heterocycles. The molecule has 0 amide bonds. The van der Waals surface area contributed by atoms with Gasteiger partial charge in [-0.25, -0.2) is 0 Å². The topological polar surface area (TPSA) is 87.0 Å². The molecule has 0 bridgehead atoms. The van der Waals surface area contributed by atoms with Gasteiger partial charge in [0.1, 0.15) is 5.82 Å². The third-order valence-corrected chi connectivity index (χ3v) is 3.46. The third kappa shape index (κ3) is 2.14. The number of aliphatic hydroxyl groups is 1. The van der Waals surface area contributed by atoms with E-state index in [1.165, 1.54) is 6.42 Å². The maximum atomic E-state index is 9.62. The molecule has 0 radical (unpaired) electrons. The zero-order valence-electron chi connectivity index (χ0n) is 9.66. The summed E-state index contributed by atoms with van der Waals surface area (Å²) < 4.78 is 0. The number of nitrogens with two attached hydrogens (primary N) is 1. The molecule has 0 aromatic carbocycles. The minimum absolute atomic E-state index is 0.141. The second-order valence-electron chi connectivity index (χ2n) is 4.96. The number of anilines is 2. The Morgan fingerprint density at radius 1 is 1.75 bits per heavy atom. The van der Waals surface area contributed by atoms with E-state index >= 15 is 0 Å². The van der Waals surface area contributed by atoms with Gasteiger partial charge in [0.25, 0.3) is 0 Å². The van der Waals surface area contributed by atoms with Crippen molar-refractivity contribution in [2.75, 3.05) is 17.7 Å². The van der Waals surface area contributed by atoms with E-state index in [4.69, 9.17) is 5.73 Å². The first-order chi connectivity index (χ1) is 7.65. The predicted molar refractivity (Wildman–Crippen MR) is 64.1 cm³/mol. The molecule has 1 fully saturated rings. The van der Waals surface area contributed by atoms with E-state index in [1.807, 2.05) is 0 Å². The van der Waals surface area contributed by atoms with Crippen LogP contribution in [0.2, 0.25) is 0 Å². The molecule has 2 rings (SSSR count). The lowest BCUT2D eigenvalue weighted by atomic mass is 9.77. The summed E-state index contributed by atoms with van der Waals surface area (Å²) in [6, 6.07) is 0. The van der Waals surface area contributed by atoms with E-state index < -0.39 is 0 Å². The number of hydrogen-bond donors (Lipinski definition) is 4. The number of aromatic amines is 1. The van der Waals surface area contributed by atoms with Crippen LogP contribution in [0, 0.1) is 5.92 Å². The maximum absolute atomic E-state index is 9.62. The van der Waals surface area contributed by atoms with Gasteiger partial charge in [-0.05, 0) is 18.8 Å². The Morgan fingerprint density at radius 3 is 3.12 bits per heavy atom. The molecule has 2 atom stereocenters. The first-order valence-electron chi connectivity index (χ1n) is 5.83. The van der Waals surface area contributed by atoms with Crippen LogP contribution in [0.1, 0.15) is 32.6 Å². The monoisotopic (exact) mass is 224 g/mol. The molecule has 2 unspecified atom stereocenters. The van der Waals surface area contributed by atoms with Crippen LogP contribution in [-0.4, -0.2) is 27.4 Å². The molecule has 1 heterocycles. The van der Waals surface area contributed by atoms with Gasteiger partial charge in [-0.2, -0.15) is 5.10 Å². The highest BCUT2D eigenvalue weighted by Gasteiger charge is 2.34. The Kier molecular flexibility index (Phi) is 3.05. The quantitative estimate of drug-likeness (QED) is 0.624. The Balaban J connectivity index is 2.12. The normalized spacial score (nSPS) is 30.2. The minimum atomic E-state index is -0.227. The molecule has 5 nitrogen and oxygen atoms in total. The minimum Gasteiger partial charge on any atom is -0.394 e. The number of aromatic nitrogens is 2. The molecule has 5 N–H and O–H groups in total. The van der Waals surface area contributed by atoms with Crippen molar-refractivity contribution in [1.82, 2.24) is 10.2 Å². The molecule has 1 saturated carbocycles. The van der Waals surface area contributed by atoms with Gasteiger partial charge in [0.15, 0.2) is 0 Å². The van der Waals surface area contributed by atoms with E-state index in [1.54, 1.807) is 6.20 Å². The van der Waals surface area contributed by atoms with Gasteiger partial charge < -0.3 is 16.2 Å². The Labute approximate surface area is 95.4 Å². The highest BCUT2D eigenvalue weighted by molar-refractivity contribution is 5.61. The molecule has 90 valence electrons. The van der Waals surface area contributed by atoms with Crippen LogP contribution in [0.4, 0.5) is 11.5 Å². The molecule has 1 aliphatic rings. The lowest BCUT2D eigenvalue weighted by Gasteiger charge is -2.39. The van der Waals surface area contributed by atoms with E-state index in [0.29, 0.717) is 11.7 Å². The molecule has 16 heavy (non-hydrogen) atoms. The van der Waals surface area contributed by atoms with Crippen LogP contribution in [-0.2, 0) is 0 Å². The highest BCUT2D eigenvalue weighted by atomic mass is 16.3. The van der Waals surface area contributed by atoms with E-state index in [-0.39, 0.29) is 12.1 Å². The zero-order chi connectivity index (χ0) is 11.6. The van der Waals surface area contributed by atoms with Crippen LogP contribution < -0.4 is 11.1 Å². The van der Waals surface area contributed by atoms with Gasteiger partial charge >= 0.3 is 0 Å². The van der Waals surface area contributed by atoms with Gasteiger partial charge in [-0.15, -0.1) is 0 Å². The van der Waals surface area contributed by atoms with Crippen molar-refractivity contribution in [3.8, 4) is 0 Å². The molecule has 1 aromatic heterocycles. The largest absolute Gasteiger partial charge is 0.394 e. The number of nitrogens with one attached hydrogen (secondary N) is 2. The van der Waals surface area contributed by atoms with Crippen molar-refractivity contribution in [2.45, 2.75) is 38.1 Å². The number of aliphatic hydroxyl groups excluding tert-OH is 1. The summed E-state index contributed by atoms with van der Waals surface area (Å²) in [5.41, 5.74) is 6.31. The second-order valence-corrected chi connectivity index (χ2v) is 4.96. The van der Waals surface area contributed by atoms with Gasteiger partial charge in [-0.1, -0.05) is 19.8 Å². The fourth-order valence-corrected chi connectivity index (χ4v) is 2.64. The van der Waals surface area contributed by atoms with Gasteiger partial charge in [0.05, 0.1) is 24.0 Å². The molecule has 1 aromatic rings. The lowest BCUT2D eigenvalue weighted by molar-refractivity contribution is 0.149. The summed E-state index contributed by atoms with van der Waals surface area (Å²) in [4.78, 5) is 0. The van der Waals surface area contributed by atoms with Crippen molar-refractivity contribution in [2.24, 2.45) is 5.92 Å². The van der Waals surface area contributed by atoms with Gasteiger partial charge in [0, 0.05) is 0 Å².